The van der Waals surface area contributed by atoms with Gasteiger partial charge in [-0.2, -0.15) is 0 Å². The summed E-state index contributed by atoms with van der Waals surface area (Å²) in [5, 5.41) is 121. The highest BCUT2D eigenvalue weighted by Gasteiger charge is 2.53. The number of hydrogen-bond acceptors (Lipinski definition) is 18. The van der Waals surface area contributed by atoms with Crippen LogP contribution in [0.1, 0.15) is 232 Å². The summed E-state index contributed by atoms with van der Waals surface area (Å²) in [6.07, 6.45) is 28.9. The van der Waals surface area contributed by atoms with Crippen LogP contribution in [0, 0.1) is 0 Å². The SMILES string of the molecule is CC/C=C\C/C=C\C/C=C\C/C=C\CCCCCCCCC(=O)NC(COC1OC(CO)C(OC2OC(CO)C(OC3OC(CO)C(O)C(O)C3O)C(O)C2O)C(O)C1O)C(O)CCCCCCCCCCCCCCCCCCCCCCC. The van der Waals surface area contributed by atoms with Crippen molar-refractivity contribution in [1.29, 1.82) is 0 Å². The molecule has 12 N–H and O–H groups in total. The fourth-order valence-corrected chi connectivity index (χ4v) is 11.2. The van der Waals surface area contributed by atoms with E-state index in [2.05, 4.69) is 67.8 Å². The lowest BCUT2D eigenvalue weighted by molar-refractivity contribution is -0.379. The van der Waals surface area contributed by atoms with E-state index in [1.807, 2.05) is 0 Å². The zero-order valence-corrected chi connectivity index (χ0v) is 52.1. The van der Waals surface area contributed by atoms with Gasteiger partial charge in [0, 0.05) is 6.42 Å². The molecular weight excluding hydrogens is 1090 g/mol. The van der Waals surface area contributed by atoms with Gasteiger partial charge >= 0.3 is 0 Å². The molecule has 19 heteroatoms. The molecule has 3 heterocycles. The van der Waals surface area contributed by atoms with Gasteiger partial charge in [-0.3, -0.25) is 4.79 Å². The smallest absolute Gasteiger partial charge is 0.220 e. The standard InChI is InChI=1S/C66H119NO18/c1-3-5-7-9-11-13-15-17-19-21-23-24-26-27-29-31-33-35-37-39-41-43-50(71)49(67-54(72)44-42-40-38-36-34-32-30-28-25-22-20-18-16-14-12-10-8-6-4-2)48-80-64-60(78)57(75)62(52(46-69)82-64)85-66-61(79)58(76)63(53(47-70)83-66)84-65-59(77)56(74)55(73)51(45-68)81-65/h6,8,12,14,18,20,25,28,49-53,55-66,68-71,73-79H,3-5,7,9-11,13,15-17,19,21-24,26-27,29-48H2,1-2H3,(H,67,72)/b8-6-,14-12-,20-18-,28-25-. The van der Waals surface area contributed by atoms with Crippen LogP contribution in [0.25, 0.3) is 0 Å². The van der Waals surface area contributed by atoms with Crippen LogP contribution >= 0.6 is 0 Å². The van der Waals surface area contributed by atoms with Crippen LogP contribution in [0.3, 0.4) is 0 Å². The Morgan fingerprint density at radius 1 is 0.435 bits per heavy atom. The van der Waals surface area contributed by atoms with Crippen molar-refractivity contribution in [1.82, 2.24) is 5.32 Å². The van der Waals surface area contributed by atoms with Crippen molar-refractivity contribution in [2.75, 3.05) is 26.4 Å². The van der Waals surface area contributed by atoms with Crippen LogP contribution < -0.4 is 5.32 Å². The molecule has 0 radical (unpaired) electrons. The Morgan fingerprint density at radius 2 is 0.812 bits per heavy atom. The van der Waals surface area contributed by atoms with Crippen LogP contribution in [0.5, 0.6) is 0 Å². The monoisotopic (exact) mass is 1210 g/mol. The fraction of sp³-hybridized carbons (Fsp3) is 0.864. The van der Waals surface area contributed by atoms with Gasteiger partial charge in [0.1, 0.15) is 73.2 Å². The first-order valence-corrected chi connectivity index (χ1v) is 33.4. The predicted octanol–water partition coefficient (Wildman–Crippen LogP) is 7.83. The second-order valence-corrected chi connectivity index (χ2v) is 23.9. The number of carbonyl (C=O) groups excluding carboxylic acids is 1. The van der Waals surface area contributed by atoms with Gasteiger partial charge < -0.3 is 89.9 Å². The molecular formula is C66H119NO18. The van der Waals surface area contributed by atoms with Gasteiger partial charge in [0.15, 0.2) is 18.9 Å². The van der Waals surface area contributed by atoms with Gasteiger partial charge in [0.05, 0.1) is 38.6 Å². The first-order chi connectivity index (χ1) is 41.3. The van der Waals surface area contributed by atoms with E-state index in [0.29, 0.717) is 12.8 Å². The van der Waals surface area contributed by atoms with Gasteiger partial charge in [0.25, 0.3) is 0 Å². The van der Waals surface area contributed by atoms with Gasteiger partial charge in [-0.25, -0.2) is 0 Å². The molecule has 0 saturated carbocycles. The van der Waals surface area contributed by atoms with E-state index in [-0.39, 0.29) is 18.9 Å². The van der Waals surface area contributed by atoms with E-state index in [1.165, 1.54) is 109 Å². The maximum atomic E-state index is 13.4. The van der Waals surface area contributed by atoms with Crippen molar-refractivity contribution in [3.05, 3.63) is 48.6 Å². The summed E-state index contributed by atoms with van der Waals surface area (Å²) in [6.45, 7) is 1.68. The van der Waals surface area contributed by atoms with Gasteiger partial charge in [0.2, 0.25) is 5.91 Å². The van der Waals surface area contributed by atoms with Crippen molar-refractivity contribution < 1.29 is 89.4 Å². The molecule has 3 aliphatic rings. The van der Waals surface area contributed by atoms with Crippen LogP contribution in [0.4, 0.5) is 0 Å². The Balaban J connectivity index is 1.46. The maximum absolute atomic E-state index is 13.4. The van der Waals surface area contributed by atoms with Crippen molar-refractivity contribution in [3.8, 4) is 0 Å². The molecule has 0 bridgehead atoms. The van der Waals surface area contributed by atoms with E-state index in [4.69, 9.17) is 28.4 Å². The summed E-state index contributed by atoms with van der Waals surface area (Å²) in [4.78, 5) is 13.4. The molecule has 17 atom stereocenters. The molecule has 0 aliphatic carbocycles. The third-order valence-corrected chi connectivity index (χ3v) is 16.7. The van der Waals surface area contributed by atoms with E-state index >= 15 is 0 Å². The first-order valence-electron chi connectivity index (χ1n) is 33.4. The predicted molar refractivity (Wildman–Crippen MR) is 328 cm³/mol. The second kappa shape index (κ2) is 48.6. The molecule has 19 nitrogen and oxygen atoms in total. The van der Waals surface area contributed by atoms with E-state index in [9.17, 15) is 61.0 Å². The van der Waals surface area contributed by atoms with Crippen molar-refractivity contribution in [3.63, 3.8) is 0 Å². The van der Waals surface area contributed by atoms with Crippen LogP contribution in [0.15, 0.2) is 48.6 Å². The largest absolute Gasteiger partial charge is 0.394 e. The topological polar surface area (TPSA) is 307 Å². The first kappa shape index (κ1) is 77.0. The van der Waals surface area contributed by atoms with Crippen LogP contribution in [0.2, 0.25) is 0 Å². The average molecular weight is 1210 g/mol. The van der Waals surface area contributed by atoms with Crippen molar-refractivity contribution >= 4 is 5.91 Å². The number of amides is 1. The summed E-state index contributed by atoms with van der Waals surface area (Å²) in [6, 6.07) is -0.897. The van der Waals surface area contributed by atoms with Gasteiger partial charge in [-0.1, -0.05) is 223 Å². The van der Waals surface area contributed by atoms with Crippen LogP contribution in [-0.2, 0) is 33.2 Å². The Labute approximate surface area is 510 Å². The third-order valence-electron chi connectivity index (χ3n) is 16.7. The normalized spacial score (nSPS) is 29.3. The minimum atomic E-state index is -1.98. The Kier molecular flexibility index (Phi) is 44.0. The highest BCUT2D eigenvalue weighted by Crippen LogP contribution is 2.33. The quantitative estimate of drug-likeness (QED) is 0.0204. The van der Waals surface area contributed by atoms with E-state index in [0.717, 1.165) is 89.9 Å². The number of aliphatic hydroxyl groups excluding tert-OH is 11. The number of unbranched alkanes of at least 4 members (excludes halogenated alkanes) is 26. The Bertz CT molecular complexity index is 1740. The molecule has 3 saturated heterocycles. The molecule has 496 valence electrons. The van der Waals surface area contributed by atoms with Crippen LogP contribution in [-0.4, -0.2) is 193 Å². The zero-order chi connectivity index (χ0) is 61.9. The zero-order valence-electron chi connectivity index (χ0n) is 52.1. The lowest BCUT2D eigenvalue weighted by atomic mass is 9.96. The minimum absolute atomic E-state index is 0.249. The molecule has 1 amide bonds. The van der Waals surface area contributed by atoms with Gasteiger partial charge in [-0.05, 0) is 51.4 Å². The highest BCUT2D eigenvalue weighted by molar-refractivity contribution is 5.76. The summed E-state index contributed by atoms with van der Waals surface area (Å²) in [5.41, 5.74) is 0. The second-order valence-electron chi connectivity index (χ2n) is 23.9. The van der Waals surface area contributed by atoms with Gasteiger partial charge in [-0.15, -0.1) is 0 Å². The maximum Gasteiger partial charge on any atom is 0.220 e. The number of hydrogen-bond donors (Lipinski definition) is 12. The Hall–Kier alpha value is -2.25. The molecule has 85 heavy (non-hydrogen) atoms. The summed E-state index contributed by atoms with van der Waals surface area (Å²) >= 11 is 0. The molecule has 0 aromatic carbocycles. The lowest BCUT2D eigenvalue weighted by Gasteiger charge is -2.48. The average Bonchev–Trinajstić information content (AvgIpc) is 3.10. The van der Waals surface area contributed by atoms with Crippen molar-refractivity contribution in [2.24, 2.45) is 0 Å². The summed E-state index contributed by atoms with van der Waals surface area (Å²) in [7, 11) is 0. The molecule has 3 aliphatic heterocycles. The molecule has 0 aromatic rings. The number of allylic oxidation sites excluding steroid dienone is 8. The van der Waals surface area contributed by atoms with Crippen molar-refractivity contribution in [2.45, 2.75) is 336 Å². The number of ether oxygens (including phenoxy) is 6. The molecule has 3 rings (SSSR count). The summed E-state index contributed by atoms with van der Waals surface area (Å²) < 4.78 is 34.4. The fourth-order valence-electron chi connectivity index (χ4n) is 11.2. The number of rotatable bonds is 50. The molecule has 3 fully saturated rings. The number of aliphatic hydroxyl groups is 11. The number of nitrogens with one attached hydrogen (secondary N) is 1. The lowest BCUT2D eigenvalue weighted by Crippen LogP contribution is -2.66. The minimum Gasteiger partial charge on any atom is -0.394 e. The highest BCUT2D eigenvalue weighted by atomic mass is 16.8. The van der Waals surface area contributed by atoms with E-state index in [1.54, 1.807) is 0 Å². The van der Waals surface area contributed by atoms with E-state index < -0.39 is 124 Å². The molecule has 0 spiro atoms. The Morgan fingerprint density at radius 3 is 1.27 bits per heavy atom. The molecule has 17 unspecified atom stereocenters. The third kappa shape index (κ3) is 31.4. The number of carbonyl (C=O) groups is 1. The molecule has 0 aromatic heterocycles. The summed E-state index contributed by atoms with van der Waals surface area (Å²) in [5.74, 6) is -0.257.